The van der Waals surface area contributed by atoms with E-state index in [4.69, 9.17) is 9.15 Å². The van der Waals surface area contributed by atoms with Gasteiger partial charge in [0.1, 0.15) is 17.1 Å². The number of hydrogen-bond acceptors (Lipinski definition) is 5. The van der Waals surface area contributed by atoms with Crippen molar-refractivity contribution in [1.82, 2.24) is 14.4 Å². The van der Waals surface area contributed by atoms with E-state index in [1.54, 1.807) is 28.8 Å². The topological polar surface area (TPSA) is 67.9 Å². The van der Waals surface area contributed by atoms with E-state index in [0.717, 1.165) is 25.3 Å². The molecule has 2 aromatic heterocycles. The van der Waals surface area contributed by atoms with Crippen LogP contribution in [0.2, 0.25) is 0 Å². The lowest BCUT2D eigenvalue weighted by Crippen LogP contribution is -2.34. The molecule has 0 radical (unpaired) electrons. The molecular formula is C23H31N3O4. The van der Waals surface area contributed by atoms with Crippen molar-refractivity contribution in [1.29, 1.82) is 0 Å². The number of nitrogens with zero attached hydrogens (tertiary/aromatic N) is 3. The zero-order valence-electron chi connectivity index (χ0n) is 18.5. The van der Waals surface area contributed by atoms with Crippen LogP contribution in [0.3, 0.4) is 0 Å². The molecule has 0 aromatic carbocycles. The predicted octanol–water partition coefficient (Wildman–Crippen LogP) is 3.11. The van der Waals surface area contributed by atoms with Gasteiger partial charge < -0.3 is 18.6 Å². The van der Waals surface area contributed by atoms with Crippen molar-refractivity contribution in [3.8, 4) is 5.75 Å². The highest BCUT2D eigenvalue weighted by molar-refractivity contribution is 5.98. The Bertz CT molecular complexity index is 975. The largest absolute Gasteiger partial charge is 0.496 e. The normalized spacial score (nSPS) is 16.0. The lowest BCUT2D eigenvalue weighted by atomic mass is 10.1. The Morgan fingerprint density at radius 1 is 1.37 bits per heavy atom. The van der Waals surface area contributed by atoms with Gasteiger partial charge >= 0.3 is 0 Å². The van der Waals surface area contributed by atoms with Crippen LogP contribution in [0.5, 0.6) is 5.75 Å². The number of allylic oxidation sites excluding steroid dienone is 1. The van der Waals surface area contributed by atoms with Crippen molar-refractivity contribution >= 4 is 5.91 Å². The smallest absolute Gasteiger partial charge is 0.259 e. The van der Waals surface area contributed by atoms with E-state index in [-0.39, 0.29) is 17.5 Å². The van der Waals surface area contributed by atoms with Crippen molar-refractivity contribution in [2.24, 2.45) is 0 Å². The van der Waals surface area contributed by atoms with E-state index >= 15 is 0 Å². The molecule has 0 fully saturated rings. The highest BCUT2D eigenvalue weighted by Crippen LogP contribution is 2.28. The Labute approximate surface area is 177 Å². The first-order valence-corrected chi connectivity index (χ1v) is 10.3. The minimum Gasteiger partial charge on any atom is -0.496 e. The Morgan fingerprint density at radius 2 is 2.13 bits per heavy atom. The fraction of sp³-hybridized carbons (Fsp3) is 0.478. The highest BCUT2D eigenvalue weighted by Gasteiger charge is 2.29. The van der Waals surface area contributed by atoms with E-state index in [1.807, 2.05) is 19.9 Å². The number of aromatic nitrogens is 1. The number of ether oxygens (including phenoxy) is 1. The molecule has 30 heavy (non-hydrogen) atoms. The van der Waals surface area contributed by atoms with E-state index in [9.17, 15) is 9.59 Å². The number of pyridine rings is 1. The molecule has 0 aliphatic carbocycles. The third-order valence-electron chi connectivity index (χ3n) is 5.94. The van der Waals surface area contributed by atoms with Gasteiger partial charge in [0.2, 0.25) is 0 Å². The minimum absolute atomic E-state index is 0.134. The molecule has 0 saturated heterocycles. The van der Waals surface area contributed by atoms with Gasteiger partial charge in [-0.15, -0.1) is 0 Å². The molecule has 1 unspecified atom stereocenters. The summed E-state index contributed by atoms with van der Waals surface area (Å²) in [6.07, 6.45) is 4.31. The second-order valence-corrected chi connectivity index (χ2v) is 7.79. The summed E-state index contributed by atoms with van der Waals surface area (Å²) in [6, 6.07) is 4.84. The van der Waals surface area contributed by atoms with Gasteiger partial charge in [0.25, 0.3) is 11.5 Å². The average Bonchev–Trinajstić information content (AvgIpc) is 3.21. The first-order valence-electron chi connectivity index (χ1n) is 10.3. The Hall–Kier alpha value is -2.80. The molecule has 2 aromatic rings. The SMILES string of the molecule is CC=C(C)CN1CCc2c(C(=O)N(C)C(C)c3ccco3)c(OC)cc(=O)n2CC1. The molecule has 0 saturated carbocycles. The first kappa shape index (κ1) is 21.9. The van der Waals surface area contributed by atoms with Gasteiger partial charge in [-0.1, -0.05) is 11.6 Å². The van der Waals surface area contributed by atoms with Crippen LogP contribution < -0.4 is 10.3 Å². The van der Waals surface area contributed by atoms with Crippen molar-refractivity contribution in [2.75, 3.05) is 33.8 Å². The molecule has 3 rings (SSSR count). The molecule has 1 atom stereocenters. The molecule has 1 amide bonds. The molecule has 162 valence electrons. The quantitative estimate of drug-likeness (QED) is 0.681. The van der Waals surface area contributed by atoms with E-state index in [2.05, 4.69) is 17.9 Å². The van der Waals surface area contributed by atoms with Crippen molar-refractivity contribution in [2.45, 2.75) is 39.8 Å². The number of amides is 1. The van der Waals surface area contributed by atoms with Crippen LogP contribution in [-0.4, -0.2) is 54.1 Å². The third kappa shape index (κ3) is 4.36. The Balaban J connectivity index is 1.98. The van der Waals surface area contributed by atoms with Gasteiger partial charge in [-0.2, -0.15) is 0 Å². The fourth-order valence-electron chi connectivity index (χ4n) is 3.86. The lowest BCUT2D eigenvalue weighted by Gasteiger charge is -2.26. The summed E-state index contributed by atoms with van der Waals surface area (Å²) in [4.78, 5) is 30.2. The second kappa shape index (κ2) is 9.34. The number of hydrogen-bond donors (Lipinski definition) is 0. The van der Waals surface area contributed by atoms with Crippen LogP contribution in [-0.2, 0) is 13.0 Å². The molecule has 7 nitrogen and oxygen atoms in total. The van der Waals surface area contributed by atoms with Crippen LogP contribution in [0.25, 0.3) is 0 Å². The van der Waals surface area contributed by atoms with Crippen LogP contribution in [0.15, 0.2) is 45.3 Å². The fourth-order valence-corrected chi connectivity index (χ4v) is 3.86. The molecular weight excluding hydrogens is 382 g/mol. The van der Waals surface area contributed by atoms with Crippen molar-refractivity contribution in [3.63, 3.8) is 0 Å². The second-order valence-electron chi connectivity index (χ2n) is 7.79. The van der Waals surface area contributed by atoms with Crippen LogP contribution in [0.4, 0.5) is 0 Å². The van der Waals surface area contributed by atoms with Crippen molar-refractivity contribution < 1.29 is 13.9 Å². The van der Waals surface area contributed by atoms with Crippen LogP contribution in [0, 0.1) is 0 Å². The summed E-state index contributed by atoms with van der Waals surface area (Å²) in [5.41, 5.74) is 2.35. The summed E-state index contributed by atoms with van der Waals surface area (Å²) >= 11 is 0. The zero-order valence-corrected chi connectivity index (χ0v) is 18.5. The van der Waals surface area contributed by atoms with Gasteiger partial charge in [-0.05, 0) is 32.9 Å². The number of methoxy groups -OCH3 is 1. The van der Waals surface area contributed by atoms with Gasteiger partial charge in [0.05, 0.1) is 19.4 Å². The predicted molar refractivity (Wildman–Crippen MR) is 116 cm³/mol. The van der Waals surface area contributed by atoms with Crippen LogP contribution in [0.1, 0.15) is 48.6 Å². The Kier molecular flexibility index (Phi) is 6.82. The first-order chi connectivity index (χ1) is 14.4. The number of furan rings is 1. The minimum atomic E-state index is -0.246. The average molecular weight is 414 g/mol. The lowest BCUT2D eigenvalue weighted by molar-refractivity contribution is 0.0720. The summed E-state index contributed by atoms with van der Waals surface area (Å²) in [7, 11) is 3.24. The summed E-state index contributed by atoms with van der Waals surface area (Å²) in [6.45, 7) is 8.99. The van der Waals surface area contributed by atoms with Gasteiger partial charge in [-0.25, -0.2) is 0 Å². The zero-order chi connectivity index (χ0) is 21.8. The summed E-state index contributed by atoms with van der Waals surface area (Å²) in [5.74, 6) is 0.849. The number of rotatable bonds is 6. The van der Waals surface area contributed by atoms with E-state index < -0.39 is 0 Å². The molecule has 1 aliphatic heterocycles. The molecule has 1 aliphatic rings. The maximum absolute atomic E-state index is 13.5. The number of fused-ring (bicyclic) bond motifs is 1. The molecule has 3 heterocycles. The number of carbonyl (C=O) groups is 1. The molecule has 7 heteroatoms. The monoisotopic (exact) mass is 413 g/mol. The van der Waals surface area contributed by atoms with Gasteiger partial charge in [0.15, 0.2) is 0 Å². The highest BCUT2D eigenvalue weighted by atomic mass is 16.5. The maximum atomic E-state index is 13.5. The van der Waals surface area contributed by atoms with E-state index in [1.165, 1.54) is 18.7 Å². The van der Waals surface area contributed by atoms with Crippen molar-refractivity contribution in [3.05, 3.63) is 63.5 Å². The summed E-state index contributed by atoms with van der Waals surface area (Å²) in [5, 5.41) is 0. The molecule has 0 spiro atoms. The number of carbonyl (C=O) groups excluding carboxylic acids is 1. The Morgan fingerprint density at radius 3 is 2.77 bits per heavy atom. The maximum Gasteiger partial charge on any atom is 0.259 e. The third-order valence-corrected chi connectivity index (χ3v) is 5.94. The van der Waals surface area contributed by atoms with Gasteiger partial charge in [-0.3, -0.25) is 14.5 Å². The molecule has 0 bridgehead atoms. The van der Waals surface area contributed by atoms with Gasteiger partial charge in [0, 0.05) is 51.4 Å². The van der Waals surface area contributed by atoms with E-state index in [0.29, 0.717) is 30.0 Å². The van der Waals surface area contributed by atoms with Crippen LogP contribution >= 0.6 is 0 Å². The summed E-state index contributed by atoms with van der Waals surface area (Å²) < 4.78 is 12.7. The molecule has 0 N–H and O–H groups in total. The standard InChI is InChI=1S/C23H31N3O4/c1-6-16(2)15-25-10-9-18-22(20(29-5)14-21(27)26(18)12-11-25)23(28)24(4)17(3)19-8-7-13-30-19/h6-8,13-14,17H,9-12,15H2,1-5H3.